The third-order valence-corrected chi connectivity index (χ3v) is 3.10. The summed E-state index contributed by atoms with van der Waals surface area (Å²) in [6.45, 7) is 6.17. The summed E-state index contributed by atoms with van der Waals surface area (Å²) in [5.74, 6) is 0.382. The predicted molar refractivity (Wildman–Crippen MR) is 65.1 cm³/mol. The van der Waals surface area contributed by atoms with Crippen LogP contribution in [0.1, 0.15) is 33.6 Å². The molecule has 0 saturated carbocycles. The van der Waals surface area contributed by atoms with Gasteiger partial charge in [0.25, 0.3) is 0 Å². The van der Waals surface area contributed by atoms with Gasteiger partial charge in [0.15, 0.2) is 0 Å². The van der Waals surface area contributed by atoms with Crippen molar-refractivity contribution >= 4 is 0 Å². The van der Waals surface area contributed by atoms with Crippen LogP contribution in [0.25, 0.3) is 0 Å². The fourth-order valence-electron chi connectivity index (χ4n) is 1.92. The summed E-state index contributed by atoms with van der Waals surface area (Å²) in [4.78, 5) is 1.49. The molecule has 1 N–H and O–H groups in total. The quantitative estimate of drug-likeness (QED) is 0.716. The summed E-state index contributed by atoms with van der Waals surface area (Å²) in [7, 11) is 1.81. The van der Waals surface area contributed by atoms with E-state index in [1.54, 1.807) is 0 Å². The molecule has 0 radical (unpaired) electrons. The van der Waals surface area contributed by atoms with Crippen molar-refractivity contribution in [3.05, 3.63) is 0 Å². The number of likely N-dealkylation sites (N-methyl/N-ethyl adjacent to an activating group) is 1. The summed E-state index contributed by atoms with van der Waals surface area (Å²) in [5, 5.41) is 3.12. The number of halogens is 3. The van der Waals surface area contributed by atoms with Gasteiger partial charge in [-0.1, -0.05) is 27.2 Å². The van der Waals surface area contributed by atoms with Crippen LogP contribution in [0.5, 0.6) is 0 Å². The molecule has 0 aromatic carbocycles. The highest BCUT2D eigenvalue weighted by atomic mass is 19.4. The van der Waals surface area contributed by atoms with Crippen molar-refractivity contribution in [3.8, 4) is 0 Å². The van der Waals surface area contributed by atoms with Gasteiger partial charge >= 0.3 is 6.18 Å². The van der Waals surface area contributed by atoms with E-state index in [-0.39, 0.29) is 6.04 Å². The van der Waals surface area contributed by atoms with Crippen molar-refractivity contribution in [3.63, 3.8) is 0 Å². The molecule has 0 aromatic heterocycles. The van der Waals surface area contributed by atoms with Gasteiger partial charge in [-0.3, -0.25) is 4.90 Å². The molecular weight excluding hydrogens is 229 g/mol. The Labute approximate surface area is 103 Å². The Kier molecular flexibility index (Phi) is 7.79. The molecule has 0 fully saturated rings. The van der Waals surface area contributed by atoms with Gasteiger partial charge in [-0.15, -0.1) is 0 Å². The lowest BCUT2D eigenvalue weighted by Gasteiger charge is -2.30. The maximum absolute atomic E-state index is 12.4. The summed E-state index contributed by atoms with van der Waals surface area (Å²) in [5.41, 5.74) is 0. The minimum absolute atomic E-state index is 0.119. The molecule has 0 aliphatic heterocycles. The fourth-order valence-corrected chi connectivity index (χ4v) is 1.92. The van der Waals surface area contributed by atoms with Crippen LogP contribution in [0.15, 0.2) is 0 Å². The van der Waals surface area contributed by atoms with E-state index in [1.807, 2.05) is 14.0 Å². The van der Waals surface area contributed by atoms with Gasteiger partial charge in [-0.05, 0) is 25.9 Å². The molecule has 2 atom stereocenters. The smallest absolute Gasteiger partial charge is 0.315 e. The summed E-state index contributed by atoms with van der Waals surface area (Å²) < 4.78 is 37.2. The molecule has 0 amide bonds. The van der Waals surface area contributed by atoms with Crippen LogP contribution in [-0.4, -0.2) is 43.8 Å². The van der Waals surface area contributed by atoms with E-state index in [0.717, 1.165) is 12.8 Å². The van der Waals surface area contributed by atoms with Gasteiger partial charge in [0.1, 0.15) is 0 Å². The van der Waals surface area contributed by atoms with Crippen molar-refractivity contribution in [2.45, 2.75) is 45.8 Å². The molecule has 0 heterocycles. The van der Waals surface area contributed by atoms with Crippen molar-refractivity contribution in [1.82, 2.24) is 10.2 Å². The highest BCUT2D eigenvalue weighted by Gasteiger charge is 2.31. The maximum atomic E-state index is 12.4. The number of alkyl halides is 3. The number of hydrogen-bond acceptors (Lipinski definition) is 2. The van der Waals surface area contributed by atoms with Gasteiger partial charge < -0.3 is 5.32 Å². The van der Waals surface area contributed by atoms with Crippen LogP contribution in [-0.2, 0) is 0 Å². The van der Waals surface area contributed by atoms with Crippen molar-refractivity contribution in [2.24, 2.45) is 5.92 Å². The van der Waals surface area contributed by atoms with Crippen molar-refractivity contribution in [1.29, 1.82) is 0 Å². The second-order valence-corrected chi connectivity index (χ2v) is 4.63. The van der Waals surface area contributed by atoms with Crippen LogP contribution in [0, 0.1) is 5.92 Å². The van der Waals surface area contributed by atoms with E-state index < -0.39 is 12.7 Å². The SMILES string of the molecule is CCCN(CC(NC)C(C)CC)CC(F)(F)F. The lowest BCUT2D eigenvalue weighted by atomic mass is 9.99. The first-order valence-electron chi connectivity index (χ1n) is 6.30. The third kappa shape index (κ3) is 7.60. The van der Waals surface area contributed by atoms with Gasteiger partial charge in [-0.25, -0.2) is 0 Å². The highest BCUT2D eigenvalue weighted by Crippen LogP contribution is 2.18. The van der Waals surface area contributed by atoms with E-state index in [0.29, 0.717) is 19.0 Å². The minimum atomic E-state index is -4.11. The van der Waals surface area contributed by atoms with Crippen LogP contribution < -0.4 is 5.32 Å². The molecule has 0 rings (SSSR count). The van der Waals surface area contributed by atoms with E-state index in [4.69, 9.17) is 0 Å². The molecule has 0 aliphatic rings. The third-order valence-electron chi connectivity index (χ3n) is 3.10. The largest absolute Gasteiger partial charge is 0.401 e. The Hall–Kier alpha value is -0.290. The Balaban J connectivity index is 4.39. The zero-order chi connectivity index (χ0) is 13.5. The van der Waals surface area contributed by atoms with Gasteiger partial charge in [0, 0.05) is 12.6 Å². The second kappa shape index (κ2) is 7.93. The average molecular weight is 254 g/mol. The lowest BCUT2D eigenvalue weighted by molar-refractivity contribution is -0.146. The minimum Gasteiger partial charge on any atom is -0.315 e. The van der Waals surface area contributed by atoms with Crippen LogP contribution in [0.2, 0.25) is 0 Å². The molecule has 0 bridgehead atoms. The Morgan fingerprint density at radius 2 is 1.82 bits per heavy atom. The lowest BCUT2D eigenvalue weighted by Crippen LogP contribution is -2.46. The first kappa shape index (κ1) is 16.7. The van der Waals surface area contributed by atoms with E-state index in [9.17, 15) is 13.2 Å². The Bertz CT molecular complexity index is 195. The molecule has 0 spiro atoms. The first-order valence-corrected chi connectivity index (χ1v) is 6.30. The zero-order valence-electron chi connectivity index (χ0n) is 11.3. The summed E-state index contributed by atoms with van der Waals surface area (Å²) in [6, 6.07) is 0.119. The second-order valence-electron chi connectivity index (χ2n) is 4.63. The molecule has 17 heavy (non-hydrogen) atoms. The van der Waals surface area contributed by atoms with E-state index in [2.05, 4.69) is 19.2 Å². The summed E-state index contributed by atoms with van der Waals surface area (Å²) >= 11 is 0. The Morgan fingerprint density at radius 3 is 2.18 bits per heavy atom. The molecule has 0 aliphatic carbocycles. The predicted octanol–water partition coefficient (Wildman–Crippen LogP) is 2.89. The summed E-state index contributed by atoms with van der Waals surface area (Å²) in [6.07, 6.45) is -2.40. The maximum Gasteiger partial charge on any atom is 0.401 e. The molecule has 2 nitrogen and oxygen atoms in total. The molecule has 0 aromatic rings. The first-order chi connectivity index (χ1) is 7.84. The average Bonchev–Trinajstić information content (AvgIpc) is 2.22. The number of nitrogens with zero attached hydrogens (tertiary/aromatic N) is 1. The molecule has 2 unspecified atom stereocenters. The van der Waals surface area contributed by atoms with E-state index in [1.165, 1.54) is 4.90 Å². The van der Waals surface area contributed by atoms with Crippen molar-refractivity contribution in [2.75, 3.05) is 26.7 Å². The van der Waals surface area contributed by atoms with Gasteiger partial charge in [0.2, 0.25) is 0 Å². The number of nitrogens with one attached hydrogen (secondary N) is 1. The van der Waals surface area contributed by atoms with Gasteiger partial charge in [0.05, 0.1) is 6.54 Å². The van der Waals surface area contributed by atoms with Crippen LogP contribution in [0.4, 0.5) is 13.2 Å². The monoisotopic (exact) mass is 254 g/mol. The molecule has 0 saturated heterocycles. The normalized spacial score (nSPS) is 16.2. The van der Waals surface area contributed by atoms with Gasteiger partial charge in [-0.2, -0.15) is 13.2 Å². The van der Waals surface area contributed by atoms with Crippen molar-refractivity contribution < 1.29 is 13.2 Å². The topological polar surface area (TPSA) is 15.3 Å². The number of hydrogen-bond donors (Lipinski definition) is 1. The molecule has 104 valence electrons. The zero-order valence-corrected chi connectivity index (χ0v) is 11.3. The van der Waals surface area contributed by atoms with Crippen LogP contribution >= 0.6 is 0 Å². The number of rotatable bonds is 8. The molecule has 5 heteroatoms. The molecular formula is C12H25F3N2. The highest BCUT2D eigenvalue weighted by molar-refractivity contribution is 4.76. The fraction of sp³-hybridized carbons (Fsp3) is 1.00. The van der Waals surface area contributed by atoms with E-state index >= 15 is 0 Å². The van der Waals surface area contributed by atoms with Crippen LogP contribution in [0.3, 0.4) is 0 Å². The standard InChI is InChI=1S/C12H25F3N2/c1-5-7-17(9-12(13,14)15)8-11(16-4)10(3)6-2/h10-11,16H,5-9H2,1-4H3. The Morgan fingerprint density at radius 1 is 1.24 bits per heavy atom.